The molecule has 2 nitrogen and oxygen atoms in total. The number of thioether (sulfide) groups is 1. The Morgan fingerprint density at radius 3 is 2.16 bits per heavy atom. The fourth-order valence-corrected chi connectivity index (χ4v) is 3.50. The molecule has 0 aromatic heterocycles. The lowest BCUT2D eigenvalue weighted by molar-refractivity contribution is -0.119. The molecule has 0 unspecified atom stereocenters. The molecule has 0 bridgehead atoms. The van der Waals surface area contributed by atoms with Crippen LogP contribution in [0.2, 0.25) is 0 Å². The molecule has 1 N–H and O–H groups in total. The van der Waals surface area contributed by atoms with E-state index in [1.54, 1.807) is 11.8 Å². The summed E-state index contributed by atoms with van der Waals surface area (Å²) in [5.74, 6) is 0.435. The molecule has 3 aromatic carbocycles. The molecule has 1 amide bonds. The van der Waals surface area contributed by atoms with E-state index in [-0.39, 0.29) is 11.9 Å². The van der Waals surface area contributed by atoms with Crippen LogP contribution in [0.3, 0.4) is 0 Å². The van der Waals surface area contributed by atoms with Crippen molar-refractivity contribution >= 4 is 17.7 Å². The van der Waals surface area contributed by atoms with Crippen LogP contribution in [0.5, 0.6) is 0 Å². The molecule has 0 radical (unpaired) electrons. The molecule has 126 valence electrons. The minimum absolute atomic E-state index is 0.0333. The quantitative estimate of drug-likeness (QED) is 0.636. The fraction of sp³-hybridized carbons (Fsp3) is 0.136. The zero-order chi connectivity index (χ0) is 17.5. The SMILES string of the molecule is Cc1ccccc1[C@@H](NC(=O)CSc1ccccc1)c1ccccc1. The summed E-state index contributed by atoms with van der Waals surface area (Å²) in [4.78, 5) is 13.7. The number of carbonyl (C=O) groups excluding carboxylic acids is 1. The van der Waals surface area contributed by atoms with Gasteiger partial charge in [-0.1, -0.05) is 72.8 Å². The van der Waals surface area contributed by atoms with Crippen molar-refractivity contribution in [3.05, 3.63) is 102 Å². The number of rotatable bonds is 6. The molecule has 0 saturated heterocycles. The van der Waals surface area contributed by atoms with Crippen molar-refractivity contribution in [2.45, 2.75) is 17.9 Å². The maximum atomic E-state index is 12.6. The molecule has 0 aliphatic carbocycles. The maximum Gasteiger partial charge on any atom is 0.231 e. The standard InChI is InChI=1S/C22H21NOS/c1-17-10-8-9-15-20(17)22(18-11-4-2-5-12-18)23-21(24)16-25-19-13-6-3-7-14-19/h2-15,22H,16H2,1H3,(H,23,24)/t22-/m0/s1. The van der Waals surface area contributed by atoms with Crippen molar-refractivity contribution < 1.29 is 4.79 Å². The van der Waals surface area contributed by atoms with E-state index >= 15 is 0 Å². The summed E-state index contributed by atoms with van der Waals surface area (Å²) in [7, 11) is 0. The average molecular weight is 347 g/mol. The molecule has 0 heterocycles. The van der Waals surface area contributed by atoms with Gasteiger partial charge in [0, 0.05) is 4.90 Å². The van der Waals surface area contributed by atoms with Gasteiger partial charge in [-0.3, -0.25) is 4.79 Å². The number of hydrogen-bond donors (Lipinski definition) is 1. The number of amides is 1. The maximum absolute atomic E-state index is 12.6. The number of hydrogen-bond acceptors (Lipinski definition) is 2. The highest BCUT2D eigenvalue weighted by atomic mass is 32.2. The molecule has 0 spiro atoms. The predicted octanol–water partition coefficient (Wildman–Crippen LogP) is 4.99. The summed E-state index contributed by atoms with van der Waals surface area (Å²) >= 11 is 1.55. The van der Waals surface area contributed by atoms with E-state index in [2.05, 4.69) is 36.5 Å². The molecular formula is C22H21NOS. The predicted molar refractivity (Wildman–Crippen MR) is 105 cm³/mol. The summed E-state index contributed by atoms with van der Waals surface area (Å²) in [6.07, 6.45) is 0. The van der Waals surface area contributed by atoms with Crippen LogP contribution in [-0.4, -0.2) is 11.7 Å². The summed E-state index contributed by atoms with van der Waals surface area (Å²) in [6.45, 7) is 2.08. The molecular weight excluding hydrogens is 326 g/mol. The van der Waals surface area contributed by atoms with Crippen LogP contribution in [0.15, 0.2) is 89.8 Å². The Morgan fingerprint density at radius 2 is 1.48 bits per heavy atom. The second-order valence-electron chi connectivity index (χ2n) is 5.87. The zero-order valence-electron chi connectivity index (χ0n) is 14.2. The molecule has 3 heteroatoms. The van der Waals surface area contributed by atoms with Gasteiger partial charge in [0.05, 0.1) is 11.8 Å². The van der Waals surface area contributed by atoms with E-state index in [0.717, 1.165) is 16.0 Å². The van der Waals surface area contributed by atoms with Crippen LogP contribution in [0.25, 0.3) is 0 Å². The summed E-state index contributed by atoms with van der Waals surface area (Å²) in [6, 6.07) is 28.2. The Kier molecular flexibility index (Phi) is 5.91. The van der Waals surface area contributed by atoms with Crippen molar-refractivity contribution in [1.29, 1.82) is 0 Å². The third-order valence-electron chi connectivity index (χ3n) is 4.05. The Hall–Kier alpha value is -2.52. The molecule has 0 saturated carbocycles. The van der Waals surface area contributed by atoms with Crippen molar-refractivity contribution in [2.24, 2.45) is 0 Å². The number of carbonyl (C=O) groups is 1. The minimum atomic E-state index is -0.133. The molecule has 1 atom stereocenters. The van der Waals surface area contributed by atoms with Gasteiger partial charge in [0.25, 0.3) is 0 Å². The van der Waals surface area contributed by atoms with Gasteiger partial charge >= 0.3 is 0 Å². The van der Waals surface area contributed by atoms with Gasteiger partial charge in [-0.2, -0.15) is 0 Å². The Morgan fingerprint density at radius 1 is 0.880 bits per heavy atom. The first-order valence-electron chi connectivity index (χ1n) is 8.32. The Bertz CT molecular complexity index is 818. The third kappa shape index (κ3) is 4.74. The van der Waals surface area contributed by atoms with Crippen molar-refractivity contribution in [3.8, 4) is 0 Å². The van der Waals surface area contributed by atoms with E-state index in [1.165, 1.54) is 5.56 Å². The normalized spacial score (nSPS) is 11.7. The lowest BCUT2D eigenvalue weighted by Crippen LogP contribution is -2.31. The van der Waals surface area contributed by atoms with Crippen LogP contribution in [-0.2, 0) is 4.79 Å². The van der Waals surface area contributed by atoms with Crippen LogP contribution in [0, 0.1) is 6.92 Å². The molecule has 3 aromatic rings. The Balaban J connectivity index is 1.76. The van der Waals surface area contributed by atoms with Gasteiger partial charge in [0.15, 0.2) is 0 Å². The highest BCUT2D eigenvalue weighted by Crippen LogP contribution is 2.25. The smallest absolute Gasteiger partial charge is 0.231 e. The number of nitrogens with one attached hydrogen (secondary N) is 1. The van der Waals surface area contributed by atoms with E-state index in [1.807, 2.05) is 60.7 Å². The molecule has 3 rings (SSSR count). The first-order chi connectivity index (χ1) is 12.2. The topological polar surface area (TPSA) is 29.1 Å². The van der Waals surface area contributed by atoms with Gasteiger partial charge in [0.2, 0.25) is 5.91 Å². The van der Waals surface area contributed by atoms with Crippen molar-refractivity contribution in [1.82, 2.24) is 5.32 Å². The van der Waals surface area contributed by atoms with Gasteiger partial charge in [0.1, 0.15) is 0 Å². The van der Waals surface area contributed by atoms with Gasteiger partial charge in [-0.25, -0.2) is 0 Å². The second kappa shape index (κ2) is 8.54. The van der Waals surface area contributed by atoms with Crippen LogP contribution in [0.4, 0.5) is 0 Å². The van der Waals surface area contributed by atoms with Crippen molar-refractivity contribution in [3.63, 3.8) is 0 Å². The second-order valence-corrected chi connectivity index (χ2v) is 6.92. The number of aryl methyl sites for hydroxylation is 1. The average Bonchev–Trinajstić information content (AvgIpc) is 2.67. The molecule has 0 fully saturated rings. The zero-order valence-corrected chi connectivity index (χ0v) is 15.0. The monoisotopic (exact) mass is 347 g/mol. The van der Waals surface area contributed by atoms with Crippen LogP contribution >= 0.6 is 11.8 Å². The van der Waals surface area contributed by atoms with Gasteiger partial charge < -0.3 is 5.32 Å². The summed E-state index contributed by atoms with van der Waals surface area (Å²) in [5, 5.41) is 3.20. The molecule has 0 aliphatic heterocycles. The van der Waals surface area contributed by atoms with Crippen LogP contribution in [0.1, 0.15) is 22.7 Å². The van der Waals surface area contributed by atoms with E-state index in [9.17, 15) is 4.79 Å². The Labute approximate surface area is 153 Å². The molecule has 0 aliphatic rings. The van der Waals surface area contributed by atoms with E-state index in [0.29, 0.717) is 5.75 Å². The summed E-state index contributed by atoms with van der Waals surface area (Å²) in [5.41, 5.74) is 3.40. The third-order valence-corrected chi connectivity index (χ3v) is 5.06. The molecule has 25 heavy (non-hydrogen) atoms. The first-order valence-corrected chi connectivity index (χ1v) is 9.30. The lowest BCUT2D eigenvalue weighted by atomic mass is 9.95. The van der Waals surface area contributed by atoms with Gasteiger partial charge in [-0.15, -0.1) is 11.8 Å². The fourth-order valence-electron chi connectivity index (χ4n) is 2.77. The minimum Gasteiger partial charge on any atom is -0.344 e. The number of benzene rings is 3. The van der Waals surface area contributed by atoms with Crippen molar-refractivity contribution in [2.75, 3.05) is 5.75 Å². The lowest BCUT2D eigenvalue weighted by Gasteiger charge is -2.21. The van der Waals surface area contributed by atoms with E-state index < -0.39 is 0 Å². The first kappa shape index (κ1) is 17.3. The van der Waals surface area contributed by atoms with Crippen LogP contribution < -0.4 is 5.32 Å². The summed E-state index contributed by atoms with van der Waals surface area (Å²) < 4.78 is 0. The van der Waals surface area contributed by atoms with E-state index in [4.69, 9.17) is 0 Å². The largest absolute Gasteiger partial charge is 0.344 e. The highest BCUT2D eigenvalue weighted by Gasteiger charge is 2.18. The van der Waals surface area contributed by atoms with Gasteiger partial charge in [-0.05, 0) is 35.7 Å². The highest BCUT2D eigenvalue weighted by molar-refractivity contribution is 8.00.